The minimum Gasteiger partial charge on any atom is -0.382 e. The number of unbranched alkanes of at least 4 members (excludes halogenated alkanes) is 1. The molecule has 90 valence electrons. The Hall–Kier alpha value is -1.52. The SMILES string of the molecule is CCCCNC(=O)c1cn(CCC)nc1N. The number of hydrogen-bond donors (Lipinski definition) is 2. The number of anilines is 1. The lowest BCUT2D eigenvalue weighted by Gasteiger charge is -2.01. The average molecular weight is 224 g/mol. The standard InChI is InChI=1S/C11H20N4O/c1-3-5-6-13-11(16)9-8-15(7-4-2)14-10(9)12/h8H,3-7H2,1-2H3,(H2,12,14)(H,13,16). The van der Waals surface area contributed by atoms with Gasteiger partial charge in [0.05, 0.1) is 0 Å². The molecule has 5 heteroatoms. The fourth-order valence-corrected chi connectivity index (χ4v) is 1.43. The van der Waals surface area contributed by atoms with E-state index in [1.165, 1.54) is 0 Å². The fraction of sp³-hybridized carbons (Fsp3) is 0.636. The molecular weight excluding hydrogens is 204 g/mol. The van der Waals surface area contributed by atoms with Crippen LogP contribution in [0.1, 0.15) is 43.5 Å². The van der Waals surface area contributed by atoms with Gasteiger partial charge >= 0.3 is 0 Å². The number of carbonyl (C=O) groups excluding carboxylic acids is 1. The van der Waals surface area contributed by atoms with Gasteiger partial charge in [0.15, 0.2) is 5.82 Å². The highest BCUT2D eigenvalue weighted by Gasteiger charge is 2.13. The maximum Gasteiger partial charge on any atom is 0.256 e. The first-order valence-corrected chi connectivity index (χ1v) is 5.80. The molecule has 0 aromatic carbocycles. The largest absolute Gasteiger partial charge is 0.382 e. The first-order valence-electron chi connectivity index (χ1n) is 5.80. The quantitative estimate of drug-likeness (QED) is 0.717. The van der Waals surface area contributed by atoms with Gasteiger partial charge in [-0.05, 0) is 12.8 Å². The zero-order valence-electron chi connectivity index (χ0n) is 9.99. The van der Waals surface area contributed by atoms with E-state index in [-0.39, 0.29) is 5.91 Å². The Kier molecular flexibility index (Phi) is 4.82. The van der Waals surface area contributed by atoms with Crippen LogP contribution in [0.5, 0.6) is 0 Å². The normalized spacial score (nSPS) is 10.4. The lowest BCUT2D eigenvalue weighted by Crippen LogP contribution is -2.24. The third kappa shape index (κ3) is 3.25. The molecule has 0 fully saturated rings. The second-order valence-corrected chi connectivity index (χ2v) is 3.80. The molecule has 1 aromatic rings. The Balaban J connectivity index is 2.60. The summed E-state index contributed by atoms with van der Waals surface area (Å²) >= 11 is 0. The predicted octanol–water partition coefficient (Wildman–Crippen LogP) is 1.41. The number of aromatic nitrogens is 2. The van der Waals surface area contributed by atoms with Crippen molar-refractivity contribution < 1.29 is 4.79 Å². The Bertz CT molecular complexity index is 346. The molecule has 0 bridgehead atoms. The fourth-order valence-electron chi connectivity index (χ4n) is 1.43. The van der Waals surface area contributed by atoms with E-state index < -0.39 is 0 Å². The third-order valence-corrected chi connectivity index (χ3v) is 2.30. The van der Waals surface area contributed by atoms with Crippen LogP contribution in [0.4, 0.5) is 5.82 Å². The number of carbonyl (C=O) groups is 1. The second-order valence-electron chi connectivity index (χ2n) is 3.80. The van der Waals surface area contributed by atoms with E-state index in [4.69, 9.17) is 5.73 Å². The number of rotatable bonds is 6. The topological polar surface area (TPSA) is 72.9 Å². The lowest BCUT2D eigenvalue weighted by molar-refractivity contribution is 0.0954. The maximum atomic E-state index is 11.7. The van der Waals surface area contributed by atoms with Crippen molar-refractivity contribution in [1.82, 2.24) is 15.1 Å². The molecule has 1 heterocycles. The van der Waals surface area contributed by atoms with Crippen molar-refractivity contribution in [2.75, 3.05) is 12.3 Å². The van der Waals surface area contributed by atoms with Crippen LogP contribution in [0.15, 0.2) is 6.20 Å². The van der Waals surface area contributed by atoms with Crippen LogP contribution in [0.2, 0.25) is 0 Å². The van der Waals surface area contributed by atoms with E-state index in [0.717, 1.165) is 25.8 Å². The molecule has 0 aliphatic rings. The molecule has 0 saturated heterocycles. The van der Waals surface area contributed by atoms with Gasteiger partial charge in [-0.2, -0.15) is 5.10 Å². The molecule has 1 aromatic heterocycles. The molecule has 5 nitrogen and oxygen atoms in total. The summed E-state index contributed by atoms with van der Waals surface area (Å²) in [6.45, 7) is 5.61. The predicted molar refractivity (Wildman–Crippen MR) is 64.2 cm³/mol. The zero-order chi connectivity index (χ0) is 12.0. The van der Waals surface area contributed by atoms with Gasteiger partial charge in [-0.1, -0.05) is 20.3 Å². The van der Waals surface area contributed by atoms with Gasteiger partial charge in [0.2, 0.25) is 0 Å². The minimum atomic E-state index is -0.131. The number of nitrogens with one attached hydrogen (secondary N) is 1. The molecule has 16 heavy (non-hydrogen) atoms. The van der Waals surface area contributed by atoms with E-state index in [1.807, 2.05) is 0 Å². The van der Waals surface area contributed by atoms with Gasteiger partial charge in [0.25, 0.3) is 5.91 Å². The Morgan fingerprint density at radius 1 is 1.50 bits per heavy atom. The molecule has 0 aliphatic carbocycles. The van der Waals surface area contributed by atoms with Crippen molar-refractivity contribution in [1.29, 1.82) is 0 Å². The van der Waals surface area contributed by atoms with Gasteiger partial charge < -0.3 is 11.1 Å². The van der Waals surface area contributed by atoms with E-state index in [1.54, 1.807) is 10.9 Å². The molecule has 0 aliphatic heterocycles. The minimum absolute atomic E-state index is 0.131. The van der Waals surface area contributed by atoms with Crippen LogP contribution in [0, 0.1) is 0 Å². The number of aryl methyl sites for hydroxylation is 1. The number of nitrogen functional groups attached to an aromatic ring is 1. The summed E-state index contributed by atoms with van der Waals surface area (Å²) in [5, 5.41) is 6.91. The number of nitrogens with two attached hydrogens (primary N) is 1. The van der Waals surface area contributed by atoms with Crippen LogP contribution in [0.25, 0.3) is 0 Å². The van der Waals surface area contributed by atoms with E-state index >= 15 is 0 Å². The summed E-state index contributed by atoms with van der Waals surface area (Å²) < 4.78 is 1.71. The molecule has 3 N–H and O–H groups in total. The summed E-state index contributed by atoms with van der Waals surface area (Å²) in [5.41, 5.74) is 6.16. The second kappa shape index (κ2) is 6.15. The lowest BCUT2D eigenvalue weighted by atomic mass is 10.3. The van der Waals surface area contributed by atoms with Gasteiger partial charge in [0.1, 0.15) is 5.56 Å². The van der Waals surface area contributed by atoms with Crippen molar-refractivity contribution in [3.8, 4) is 0 Å². The van der Waals surface area contributed by atoms with Gasteiger partial charge in [-0.25, -0.2) is 0 Å². The zero-order valence-corrected chi connectivity index (χ0v) is 9.99. The molecule has 0 radical (unpaired) electrons. The first kappa shape index (κ1) is 12.5. The van der Waals surface area contributed by atoms with Crippen molar-refractivity contribution in [3.05, 3.63) is 11.8 Å². The van der Waals surface area contributed by atoms with E-state index in [2.05, 4.69) is 24.3 Å². The summed E-state index contributed by atoms with van der Waals surface area (Å²) in [5.74, 6) is 0.177. The molecule has 1 amide bonds. The average Bonchev–Trinajstić information content (AvgIpc) is 2.60. The van der Waals surface area contributed by atoms with Gasteiger partial charge in [0, 0.05) is 19.3 Å². The molecular formula is C11H20N4O. The van der Waals surface area contributed by atoms with Crippen molar-refractivity contribution in [2.45, 2.75) is 39.7 Å². The maximum absolute atomic E-state index is 11.7. The van der Waals surface area contributed by atoms with Crippen LogP contribution >= 0.6 is 0 Å². The molecule has 0 spiro atoms. The van der Waals surface area contributed by atoms with Crippen LogP contribution in [-0.4, -0.2) is 22.2 Å². The highest BCUT2D eigenvalue weighted by atomic mass is 16.1. The van der Waals surface area contributed by atoms with Crippen molar-refractivity contribution >= 4 is 11.7 Å². The van der Waals surface area contributed by atoms with Crippen LogP contribution in [-0.2, 0) is 6.54 Å². The Morgan fingerprint density at radius 2 is 2.25 bits per heavy atom. The third-order valence-electron chi connectivity index (χ3n) is 2.30. The van der Waals surface area contributed by atoms with Crippen LogP contribution in [0.3, 0.4) is 0 Å². The van der Waals surface area contributed by atoms with Crippen molar-refractivity contribution in [3.63, 3.8) is 0 Å². The first-order chi connectivity index (χ1) is 7.69. The number of amides is 1. The number of hydrogen-bond acceptors (Lipinski definition) is 3. The molecule has 0 unspecified atom stereocenters. The highest BCUT2D eigenvalue weighted by Crippen LogP contribution is 2.09. The van der Waals surface area contributed by atoms with Gasteiger partial charge in [-0.3, -0.25) is 9.48 Å². The Labute approximate surface area is 96.0 Å². The van der Waals surface area contributed by atoms with Gasteiger partial charge in [-0.15, -0.1) is 0 Å². The van der Waals surface area contributed by atoms with Crippen LogP contribution < -0.4 is 11.1 Å². The molecule has 1 rings (SSSR count). The molecule has 0 atom stereocenters. The summed E-state index contributed by atoms with van der Waals surface area (Å²) in [7, 11) is 0. The smallest absolute Gasteiger partial charge is 0.256 e. The van der Waals surface area contributed by atoms with E-state index in [9.17, 15) is 4.79 Å². The Morgan fingerprint density at radius 3 is 2.88 bits per heavy atom. The summed E-state index contributed by atoms with van der Waals surface area (Å²) in [4.78, 5) is 11.7. The van der Waals surface area contributed by atoms with Crippen molar-refractivity contribution in [2.24, 2.45) is 0 Å². The summed E-state index contributed by atoms with van der Waals surface area (Å²) in [6.07, 6.45) is 4.72. The summed E-state index contributed by atoms with van der Waals surface area (Å²) in [6, 6.07) is 0. The molecule has 0 saturated carbocycles. The highest BCUT2D eigenvalue weighted by molar-refractivity contribution is 5.98. The number of nitrogens with zero attached hydrogens (tertiary/aromatic N) is 2. The van der Waals surface area contributed by atoms with E-state index in [0.29, 0.717) is 17.9 Å². The monoisotopic (exact) mass is 224 g/mol.